The van der Waals surface area contributed by atoms with Gasteiger partial charge in [0.05, 0.1) is 24.1 Å². The average molecular weight is 561 g/mol. The summed E-state index contributed by atoms with van der Waals surface area (Å²) in [6.45, 7) is 2.05. The van der Waals surface area contributed by atoms with Crippen LogP contribution < -0.4 is 10.6 Å². The van der Waals surface area contributed by atoms with Crippen LogP contribution in [0.1, 0.15) is 31.2 Å². The largest absolute Gasteiger partial charge is 0.465 e. The van der Waals surface area contributed by atoms with Gasteiger partial charge in [0.1, 0.15) is 10.0 Å². The summed E-state index contributed by atoms with van der Waals surface area (Å²) in [5.74, 6) is -0.511. The molecule has 8 nitrogen and oxygen atoms in total. The van der Waals surface area contributed by atoms with Crippen LogP contribution in [0.15, 0.2) is 24.4 Å². The fraction of sp³-hybridized carbons (Fsp3) is 0.238. The number of thiophene rings is 1. The Hall–Kier alpha value is -2.37. The maximum atomic E-state index is 12.5. The van der Waals surface area contributed by atoms with Crippen molar-refractivity contribution < 1.29 is 14.3 Å². The molecule has 34 heavy (non-hydrogen) atoms. The van der Waals surface area contributed by atoms with E-state index in [2.05, 4.69) is 15.7 Å². The van der Waals surface area contributed by atoms with E-state index in [1.54, 1.807) is 50.1 Å². The first-order valence-electron chi connectivity index (χ1n) is 9.70. The number of amides is 1. The second kappa shape index (κ2) is 10.9. The number of aromatic nitrogens is 2. The minimum absolute atomic E-state index is 0.131. The second-order valence-corrected chi connectivity index (χ2v) is 9.97. The fourth-order valence-electron chi connectivity index (χ4n) is 2.99. The Morgan fingerprint density at radius 1 is 1.21 bits per heavy atom. The van der Waals surface area contributed by atoms with Crippen LogP contribution in [0.2, 0.25) is 15.1 Å². The van der Waals surface area contributed by atoms with Crippen molar-refractivity contribution in [3.8, 4) is 0 Å². The predicted molar refractivity (Wildman–Crippen MR) is 141 cm³/mol. The number of carbonyl (C=O) groups excluding carboxylic acids is 2. The summed E-state index contributed by atoms with van der Waals surface area (Å²) >= 11 is 25.0. The summed E-state index contributed by atoms with van der Waals surface area (Å²) < 4.78 is 6.49. The van der Waals surface area contributed by atoms with Crippen LogP contribution in [0, 0.1) is 6.92 Å². The lowest BCUT2D eigenvalue weighted by Crippen LogP contribution is -2.21. The number of thiocarbonyl (C=S) groups is 1. The summed E-state index contributed by atoms with van der Waals surface area (Å²) in [5, 5.41) is 12.2. The molecule has 0 radical (unpaired) electrons. The molecule has 0 fully saturated rings. The molecule has 0 aliphatic heterocycles. The molecule has 0 spiro atoms. The Bertz CT molecular complexity index is 1270. The first-order chi connectivity index (χ1) is 16.0. The zero-order chi connectivity index (χ0) is 25.2. The van der Waals surface area contributed by atoms with Crippen LogP contribution in [0.4, 0.5) is 10.8 Å². The van der Waals surface area contributed by atoms with Crippen molar-refractivity contribution in [2.24, 2.45) is 0 Å². The summed E-state index contributed by atoms with van der Waals surface area (Å²) in [6.07, 6.45) is 1.63. The quantitative estimate of drug-likeness (QED) is 0.301. The number of halogens is 3. The number of benzene rings is 1. The molecule has 0 aliphatic rings. The number of esters is 1. The molecule has 0 atom stereocenters. The number of hydrogen-bond acceptors (Lipinski definition) is 6. The van der Waals surface area contributed by atoms with E-state index in [0.717, 1.165) is 16.9 Å². The van der Waals surface area contributed by atoms with Gasteiger partial charge in [0, 0.05) is 30.3 Å². The number of rotatable bonds is 6. The van der Waals surface area contributed by atoms with Gasteiger partial charge in [-0.3, -0.25) is 9.48 Å². The van der Waals surface area contributed by atoms with Crippen LogP contribution in [-0.2, 0) is 11.3 Å². The Morgan fingerprint density at radius 3 is 2.53 bits per heavy atom. The van der Waals surface area contributed by atoms with Crippen LogP contribution in [-0.4, -0.2) is 52.9 Å². The Balaban J connectivity index is 1.80. The van der Waals surface area contributed by atoms with Crippen LogP contribution in [0.5, 0.6) is 0 Å². The molecule has 13 heteroatoms. The van der Waals surface area contributed by atoms with Gasteiger partial charge >= 0.3 is 5.97 Å². The third kappa shape index (κ3) is 5.81. The van der Waals surface area contributed by atoms with E-state index in [0.29, 0.717) is 42.9 Å². The van der Waals surface area contributed by atoms with Gasteiger partial charge in [0.15, 0.2) is 10.9 Å². The molecule has 0 saturated heterocycles. The van der Waals surface area contributed by atoms with E-state index in [-0.39, 0.29) is 16.6 Å². The third-order valence-electron chi connectivity index (χ3n) is 4.66. The standard InChI is InChI=1S/C21H20Cl3N5O3S2/c1-10-15(20(31)32-4)18(34-16(10)19(30)28(2)3)26-21(33)25-17-14(24)9-29(27-17)8-11-5-6-12(22)7-13(11)23/h5-7,9H,8H2,1-4H3,(H2,25,26,27,33). The Labute approximate surface area is 220 Å². The molecule has 2 N–H and O–H groups in total. The molecule has 0 unspecified atom stereocenters. The minimum Gasteiger partial charge on any atom is -0.465 e. The van der Waals surface area contributed by atoms with E-state index >= 15 is 0 Å². The second-order valence-electron chi connectivity index (χ2n) is 7.29. The summed E-state index contributed by atoms with van der Waals surface area (Å²) in [7, 11) is 4.54. The maximum Gasteiger partial charge on any atom is 0.341 e. The normalized spacial score (nSPS) is 10.7. The summed E-state index contributed by atoms with van der Waals surface area (Å²) in [5.41, 5.74) is 1.55. The molecular formula is C21H20Cl3N5O3S2. The van der Waals surface area contributed by atoms with Gasteiger partial charge in [-0.2, -0.15) is 5.10 Å². The van der Waals surface area contributed by atoms with E-state index < -0.39 is 5.97 Å². The number of methoxy groups -OCH3 is 1. The lowest BCUT2D eigenvalue weighted by molar-refractivity contribution is 0.0601. The van der Waals surface area contributed by atoms with Crippen LogP contribution >= 0.6 is 58.4 Å². The zero-order valence-electron chi connectivity index (χ0n) is 18.5. The lowest BCUT2D eigenvalue weighted by atomic mass is 10.1. The number of nitrogens with one attached hydrogen (secondary N) is 2. The van der Waals surface area contributed by atoms with Gasteiger partial charge in [-0.05, 0) is 42.4 Å². The van der Waals surface area contributed by atoms with Crippen molar-refractivity contribution in [1.29, 1.82) is 0 Å². The Morgan fingerprint density at radius 2 is 1.91 bits per heavy atom. The lowest BCUT2D eigenvalue weighted by Gasteiger charge is -2.09. The summed E-state index contributed by atoms with van der Waals surface area (Å²) in [6, 6.07) is 5.20. The summed E-state index contributed by atoms with van der Waals surface area (Å²) in [4.78, 5) is 26.7. The molecule has 3 rings (SSSR count). The highest BCUT2D eigenvalue weighted by atomic mass is 35.5. The molecule has 180 valence electrons. The minimum atomic E-state index is -0.584. The van der Waals surface area contributed by atoms with Crippen molar-refractivity contribution in [2.45, 2.75) is 13.5 Å². The van der Waals surface area contributed by atoms with Gasteiger partial charge in [0.2, 0.25) is 0 Å². The zero-order valence-corrected chi connectivity index (χ0v) is 22.4. The maximum absolute atomic E-state index is 12.5. The average Bonchev–Trinajstić information content (AvgIpc) is 3.27. The van der Waals surface area contributed by atoms with E-state index in [4.69, 9.17) is 51.8 Å². The molecule has 1 aromatic carbocycles. The van der Waals surface area contributed by atoms with Crippen molar-refractivity contribution in [2.75, 3.05) is 31.8 Å². The highest BCUT2D eigenvalue weighted by Crippen LogP contribution is 2.34. The van der Waals surface area contributed by atoms with Gasteiger partial charge in [-0.15, -0.1) is 11.3 Å². The molecular weight excluding hydrogens is 541 g/mol. The van der Waals surface area contributed by atoms with Crippen LogP contribution in [0.3, 0.4) is 0 Å². The fourth-order valence-corrected chi connectivity index (χ4v) is 5.14. The smallest absolute Gasteiger partial charge is 0.341 e. The van der Waals surface area contributed by atoms with Gasteiger partial charge in [-0.25, -0.2) is 4.79 Å². The van der Waals surface area contributed by atoms with E-state index in [1.807, 2.05) is 0 Å². The van der Waals surface area contributed by atoms with Gasteiger partial charge in [0.25, 0.3) is 5.91 Å². The third-order valence-corrected chi connectivity index (χ3v) is 6.92. The van der Waals surface area contributed by atoms with Crippen molar-refractivity contribution in [3.63, 3.8) is 0 Å². The molecule has 1 amide bonds. The monoisotopic (exact) mass is 559 g/mol. The molecule has 0 saturated carbocycles. The molecule has 3 aromatic rings. The van der Waals surface area contributed by atoms with E-state index in [1.165, 1.54) is 12.0 Å². The highest BCUT2D eigenvalue weighted by molar-refractivity contribution is 7.80. The van der Waals surface area contributed by atoms with Crippen LogP contribution in [0.25, 0.3) is 0 Å². The first-order valence-corrected chi connectivity index (χ1v) is 12.1. The number of anilines is 2. The predicted octanol–water partition coefficient (Wildman–Crippen LogP) is 5.56. The SMILES string of the molecule is COC(=O)c1c(NC(=S)Nc2nn(Cc3ccc(Cl)cc3Cl)cc2Cl)sc(C(=O)N(C)C)c1C. The highest BCUT2D eigenvalue weighted by Gasteiger charge is 2.26. The van der Waals surface area contributed by atoms with E-state index in [9.17, 15) is 9.59 Å². The van der Waals surface area contributed by atoms with Gasteiger partial charge < -0.3 is 20.3 Å². The topological polar surface area (TPSA) is 88.5 Å². The van der Waals surface area contributed by atoms with Gasteiger partial charge in [-0.1, -0.05) is 40.9 Å². The number of carbonyl (C=O) groups is 2. The first kappa shape index (κ1) is 26.2. The molecule has 2 aromatic heterocycles. The Kier molecular flexibility index (Phi) is 8.43. The molecule has 0 bridgehead atoms. The van der Waals surface area contributed by atoms with Crippen molar-refractivity contribution in [3.05, 3.63) is 61.0 Å². The number of ether oxygens (including phenoxy) is 1. The number of hydrogen-bond donors (Lipinski definition) is 2. The number of nitrogens with zero attached hydrogens (tertiary/aromatic N) is 3. The molecule has 0 aliphatic carbocycles. The molecule has 2 heterocycles. The van der Waals surface area contributed by atoms with Crippen molar-refractivity contribution >= 4 is 86.2 Å². The van der Waals surface area contributed by atoms with Crippen molar-refractivity contribution in [1.82, 2.24) is 14.7 Å².